The lowest BCUT2D eigenvalue weighted by molar-refractivity contribution is 0.0967. The number of likely N-dealkylation sites (tertiary alicyclic amines) is 1. The molecule has 0 spiro atoms. The van der Waals surface area contributed by atoms with Crippen molar-refractivity contribution in [3.8, 4) is 0 Å². The number of benzene rings is 1. The second kappa shape index (κ2) is 6.26. The summed E-state index contributed by atoms with van der Waals surface area (Å²) in [6, 6.07) is 6.52. The third-order valence-corrected chi connectivity index (χ3v) is 3.78. The number of Topliss-reactive ketones (excluding diaryl/α,β-unsaturated/α-hetero) is 1. The van der Waals surface area contributed by atoms with Crippen LogP contribution in [0.1, 0.15) is 23.2 Å². The van der Waals surface area contributed by atoms with Crippen LogP contribution in [-0.2, 0) is 0 Å². The van der Waals surface area contributed by atoms with Gasteiger partial charge in [0.1, 0.15) is 5.82 Å². The zero-order valence-electron chi connectivity index (χ0n) is 11.6. The molecular weight excluding hydrogens is 243 g/mol. The molecule has 2 rings (SSSR count). The fraction of sp³-hybridized carbons (Fsp3) is 0.533. The van der Waals surface area contributed by atoms with Crippen LogP contribution >= 0.6 is 0 Å². The first kappa shape index (κ1) is 14.2. The standard InChI is InChI=1S/C15H21FN2O/c1-17(2)14-6-8-18(11-14)9-7-15(19)12-4-3-5-13(16)10-12/h3-5,10,14H,6-9,11H2,1-2H3. The van der Waals surface area contributed by atoms with Crippen molar-refractivity contribution >= 4 is 5.78 Å². The van der Waals surface area contributed by atoms with Crippen LogP contribution in [0.25, 0.3) is 0 Å². The van der Waals surface area contributed by atoms with Crippen molar-refractivity contribution in [1.82, 2.24) is 9.80 Å². The molecule has 0 saturated carbocycles. The van der Waals surface area contributed by atoms with Crippen LogP contribution in [-0.4, -0.2) is 55.4 Å². The Balaban J connectivity index is 1.82. The highest BCUT2D eigenvalue weighted by Gasteiger charge is 2.24. The maximum absolute atomic E-state index is 13.0. The molecule has 1 aliphatic heterocycles. The van der Waals surface area contributed by atoms with Crippen molar-refractivity contribution < 1.29 is 9.18 Å². The largest absolute Gasteiger partial charge is 0.305 e. The summed E-state index contributed by atoms with van der Waals surface area (Å²) in [5.41, 5.74) is 0.475. The van der Waals surface area contributed by atoms with Gasteiger partial charge in [-0.3, -0.25) is 4.79 Å². The highest BCUT2D eigenvalue weighted by molar-refractivity contribution is 5.96. The molecule has 4 heteroatoms. The number of hydrogen-bond acceptors (Lipinski definition) is 3. The van der Waals surface area contributed by atoms with E-state index in [9.17, 15) is 9.18 Å². The first-order valence-corrected chi connectivity index (χ1v) is 6.74. The van der Waals surface area contributed by atoms with Crippen LogP contribution in [0.15, 0.2) is 24.3 Å². The van der Waals surface area contributed by atoms with Gasteiger partial charge in [0, 0.05) is 31.1 Å². The molecule has 0 aromatic heterocycles. The van der Waals surface area contributed by atoms with E-state index in [2.05, 4.69) is 23.9 Å². The molecule has 1 aromatic rings. The molecule has 1 saturated heterocycles. The smallest absolute Gasteiger partial charge is 0.164 e. The van der Waals surface area contributed by atoms with Gasteiger partial charge >= 0.3 is 0 Å². The zero-order chi connectivity index (χ0) is 13.8. The predicted octanol–water partition coefficient (Wildman–Crippen LogP) is 2.03. The maximum atomic E-state index is 13.0. The van der Waals surface area contributed by atoms with Crippen molar-refractivity contribution in [3.63, 3.8) is 0 Å². The van der Waals surface area contributed by atoms with Crippen LogP contribution in [0.3, 0.4) is 0 Å². The third-order valence-electron chi connectivity index (χ3n) is 3.78. The molecule has 0 aliphatic carbocycles. The Bertz CT molecular complexity index is 448. The fourth-order valence-electron chi connectivity index (χ4n) is 2.50. The van der Waals surface area contributed by atoms with Gasteiger partial charge in [-0.25, -0.2) is 4.39 Å². The molecule has 1 unspecified atom stereocenters. The monoisotopic (exact) mass is 264 g/mol. The molecule has 0 N–H and O–H groups in total. The Labute approximate surface area is 114 Å². The first-order chi connectivity index (χ1) is 9.06. The maximum Gasteiger partial charge on any atom is 0.164 e. The third kappa shape index (κ3) is 3.85. The predicted molar refractivity (Wildman–Crippen MR) is 73.9 cm³/mol. The Morgan fingerprint density at radius 2 is 2.26 bits per heavy atom. The summed E-state index contributed by atoms with van der Waals surface area (Å²) in [6.07, 6.45) is 1.62. The quantitative estimate of drug-likeness (QED) is 0.760. The molecule has 0 radical (unpaired) electrons. The number of halogens is 1. The molecule has 1 aromatic carbocycles. The highest BCUT2D eigenvalue weighted by Crippen LogP contribution is 2.14. The van der Waals surface area contributed by atoms with Gasteiger partial charge < -0.3 is 9.80 Å². The van der Waals surface area contributed by atoms with E-state index in [-0.39, 0.29) is 11.6 Å². The Morgan fingerprint density at radius 1 is 1.47 bits per heavy atom. The van der Waals surface area contributed by atoms with Gasteiger partial charge in [-0.05, 0) is 39.2 Å². The van der Waals surface area contributed by atoms with Crippen molar-refractivity contribution in [1.29, 1.82) is 0 Å². The van der Waals surface area contributed by atoms with Gasteiger partial charge in [0.05, 0.1) is 0 Å². The van der Waals surface area contributed by atoms with E-state index in [1.165, 1.54) is 12.1 Å². The van der Waals surface area contributed by atoms with Crippen LogP contribution < -0.4 is 0 Å². The van der Waals surface area contributed by atoms with Crippen molar-refractivity contribution in [2.75, 3.05) is 33.7 Å². The van der Waals surface area contributed by atoms with Crippen molar-refractivity contribution in [3.05, 3.63) is 35.6 Å². The number of carbonyl (C=O) groups is 1. The van der Waals surface area contributed by atoms with Crippen molar-refractivity contribution in [2.45, 2.75) is 18.9 Å². The van der Waals surface area contributed by atoms with E-state index in [0.29, 0.717) is 18.0 Å². The van der Waals surface area contributed by atoms with E-state index in [1.54, 1.807) is 12.1 Å². The summed E-state index contributed by atoms with van der Waals surface area (Å²) >= 11 is 0. The second-order valence-electron chi connectivity index (χ2n) is 5.39. The number of likely N-dealkylation sites (N-methyl/N-ethyl adjacent to an activating group) is 1. The van der Waals surface area contributed by atoms with Gasteiger partial charge in [0.2, 0.25) is 0 Å². The number of carbonyl (C=O) groups excluding carboxylic acids is 1. The van der Waals surface area contributed by atoms with Crippen LogP contribution in [0.4, 0.5) is 4.39 Å². The Hall–Kier alpha value is -1.26. The normalized spacial score (nSPS) is 20.1. The van der Waals surface area contributed by atoms with E-state index in [0.717, 1.165) is 26.1 Å². The summed E-state index contributed by atoms with van der Waals surface area (Å²) < 4.78 is 13.0. The van der Waals surface area contributed by atoms with Gasteiger partial charge in [0.15, 0.2) is 5.78 Å². The van der Waals surface area contributed by atoms with E-state index < -0.39 is 0 Å². The summed E-state index contributed by atoms with van der Waals surface area (Å²) in [6.45, 7) is 2.82. The number of nitrogens with zero attached hydrogens (tertiary/aromatic N) is 2. The molecule has 0 amide bonds. The lowest BCUT2D eigenvalue weighted by Crippen LogP contribution is -2.32. The number of rotatable bonds is 5. The molecule has 1 atom stereocenters. The van der Waals surface area contributed by atoms with Gasteiger partial charge in [-0.1, -0.05) is 12.1 Å². The summed E-state index contributed by atoms with van der Waals surface area (Å²) in [5.74, 6) is -0.326. The molecule has 1 fully saturated rings. The van der Waals surface area contributed by atoms with Gasteiger partial charge in [-0.15, -0.1) is 0 Å². The molecule has 3 nitrogen and oxygen atoms in total. The lowest BCUT2D eigenvalue weighted by Gasteiger charge is -2.20. The van der Waals surface area contributed by atoms with Crippen molar-refractivity contribution in [2.24, 2.45) is 0 Å². The average Bonchev–Trinajstić information content (AvgIpc) is 2.85. The average molecular weight is 264 g/mol. The fourth-order valence-corrected chi connectivity index (χ4v) is 2.50. The first-order valence-electron chi connectivity index (χ1n) is 6.74. The van der Waals surface area contributed by atoms with E-state index in [4.69, 9.17) is 0 Å². The number of ketones is 1. The molecule has 19 heavy (non-hydrogen) atoms. The summed E-state index contributed by atoms with van der Waals surface area (Å²) in [5, 5.41) is 0. The number of hydrogen-bond donors (Lipinski definition) is 0. The summed E-state index contributed by atoms with van der Waals surface area (Å²) in [4.78, 5) is 16.5. The van der Waals surface area contributed by atoms with E-state index >= 15 is 0 Å². The zero-order valence-corrected chi connectivity index (χ0v) is 11.6. The van der Waals surface area contributed by atoms with E-state index in [1.807, 2.05) is 0 Å². The Kier molecular flexibility index (Phi) is 4.66. The molecule has 1 heterocycles. The minimum Gasteiger partial charge on any atom is -0.305 e. The minimum atomic E-state index is -0.348. The molecular formula is C15H21FN2O. The van der Waals surface area contributed by atoms with Crippen LogP contribution in [0, 0.1) is 5.82 Å². The van der Waals surface area contributed by atoms with Crippen LogP contribution in [0.5, 0.6) is 0 Å². The highest BCUT2D eigenvalue weighted by atomic mass is 19.1. The molecule has 104 valence electrons. The van der Waals surface area contributed by atoms with Gasteiger partial charge in [0.25, 0.3) is 0 Å². The second-order valence-corrected chi connectivity index (χ2v) is 5.39. The minimum absolute atomic E-state index is 0.0211. The lowest BCUT2D eigenvalue weighted by atomic mass is 10.1. The molecule has 0 bridgehead atoms. The van der Waals surface area contributed by atoms with Crippen LogP contribution in [0.2, 0.25) is 0 Å². The molecule has 1 aliphatic rings. The topological polar surface area (TPSA) is 23.6 Å². The Morgan fingerprint density at radius 3 is 2.89 bits per heavy atom. The van der Waals surface area contributed by atoms with Gasteiger partial charge in [-0.2, -0.15) is 0 Å². The summed E-state index contributed by atoms with van der Waals surface area (Å²) in [7, 11) is 4.18. The SMILES string of the molecule is CN(C)C1CCN(CCC(=O)c2cccc(F)c2)C1.